The van der Waals surface area contributed by atoms with Gasteiger partial charge in [-0.2, -0.15) is 0 Å². The molecular weight excluding hydrogens is 376 g/mol. The molecule has 1 aliphatic rings. The maximum absolute atomic E-state index is 13.1. The zero-order valence-corrected chi connectivity index (χ0v) is 16.3. The minimum atomic E-state index is -0.237. The maximum Gasteiger partial charge on any atom is 0.253 e. The molecule has 0 fully saturated rings. The number of fused-ring (bicyclic) bond motifs is 2. The van der Waals surface area contributed by atoms with E-state index in [1.807, 2.05) is 42.5 Å². The smallest absolute Gasteiger partial charge is 0.253 e. The van der Waals surface area contributed by atoms with Crippen molar-refractivity contribution in [1.82, 2.24) is 20.3 Å². The van der Waals surface area contributed by atoms with E-state index in [1.54, 1.807) is 18.5 Å². The molecule has 1 aliphatic carbocycles. The Kier molecular flexibility index (Phi) is 4.59. The lowest BCUT2D eigenvalue weighted by molar-refractivity contribution is 0.0952. The number of amides is 1. The van der Waals surface area contributed by atoms with Crippen molar-refractivity contribution in [3.05, 3.63) is 93.7 Å². The number of nitrogens with zero attached hydrogens (tertiary/aromatic N) is 2. The number of carbonyl (C=O) groups is 1. The molecular formula is C24H20N4O2. The lowest BCUT2D eigenvalue weighted by Gasteiger charge is -2.11. The molecule has 0 saturated carbocycles. The van der Waals surface area contributed by atoms with Gasteiger partial charge in [0.25, 0.3) is 11.5 Å². The van der Waals surface area contributed by atoms with E-state index in [2.05, 4.69) is 20.3 Å². The molecule has 1 amide bonds. The molecule has 0 aliphatic heterocycles. The lowest BCUT2D eigenvalue weighted by atomic mass is 10.0. The van der Waals surface area contributed by atoms with Gasteiger partial charge in [-0.3, -0.25) is 14.6 Å². The van der Waals surface area contributed by atoms with Crippen LogP contribution in [-0.4, -0.2) is 20.9 Å². The van der Waals surface area contributed by atoms with Crippen LogP contribution in [0.1, 0.15) is 33.6 Å². The largest absolute Gasteiger partial charge is 0.348 e. The average molecular weight is 396 g/mol. The summed E-state index contributed by atoms with van der Waals surface area (Å²) < 4.78 is 0. The van der Waals surface area contributed by atoms with E-state index in [0.717, 1.165) is 41.4 Å². The second-order valence-corrected chi connectivity index (χ2v) is 7.48. The van der Waals surface area contributed by atoms with Gasteiger partial charge in [0.15, 0.2) is 0 Å². The van der Waals surface area contributed by atoms with Crippen LogP contribution < -0.4 is 10.9 Å². The SMILES string of the molecule is O=C(NCc1cc2c([nH]c1=O)CCC2)c1cc(-c2cccnc2)nc2ccccc12. The van der Waals surface area contributed by atoms with Crippen LogP contribution in [0, 0.1) is 0 Å². The molecule has 148 valence electrons. The second-order valence-electron chi connectivity index (χ2n) is 7.48. The quantitative estimate of drug-likeness (QED) is 0.553. The summed E-state index contributed by atoms with van der Waals surface area (Å²) in [5, 5.41) is 3.68. The third-order valence-corrected chi connectivity index (χ3v) is 5.52. The number of aromatic amines is 1. The number of hydrogen-bond donors (Lipinski definition) is 2. The van der Waals surface area contributed by atoms with Crippen LogP contribution >= 0.6 is 0 Å². The minimum Gasteiger partial charge on any atom is -0.348 e. The predicted octanol–water partition coefficient (Wildman–Crippen LogP) is 3.40. The van der Waals surface area contributed by atoms with Crippen molar-refractivity contribution in [3.63, 3.8) is 0 Å². The van der Waals surface area contributed by atoms with Gasteiger partial charge in [-0.1, -0.05) is 18.2 Å². The fourth-order valence-corrected chi connectivity index (χ4v) is 3.99. The molecule has 1 aromatic carbocycles. The summed E-state index contributed by atoms with van der Waals surface area (Å²) >= 11 is 0. The first-order valence-corrected chi connectivity index (χ1v) is 10.0. The molecule has 3 heterocycles. The number of benzene rings is 1. The van der Waals surface area contributed by atoms with Crippen molar-refractivity contribution in [2.24, 2.45) is 0 Å². The second kappa shape index (κ2) is 7.55. The summed E-state index contributed by atoms with van der Waals surface area (Å²) in [4.78, 5) is 37.2. The molecule has 0 radical (unpaired) electrons. The Morgan fingerprint density at radius 1 is 1.10 bits per heavy atom. The monoisotopic (exact) mass is 396 g/mol. The number of para-hydroxylation sites is 1. The van der Waals surface area contributed by atoms with Crippen molar-refractivity contribution in [3.8, 4) is 11.3 Å². The Hall–Kier alpha value is -3.80. The first-order chi connectivity index (χ1) is 14.7. The standard InChI is InChI=1S/C24H20N4O2/c29-23-17(11-15-5-3-9-20(15)28-23)14-26-24(30)19-12-22(16-6-4-10-25-13-16)27-21-8-2-1-7-18(19)21/h1-2,4,6-8,10-13H,3,5,9,14H2,(H,26,30)(H,28,29). The van der Waals surface area contributed by atoms with Crippen LogP contribution in [0.5, 0.6) is 0 Å². The van der Waals surface area contributed by atoms with E-state index < -0.39 is 0 Å². The maximum atomic E-state index is 13.1. The van der Waals surface area contributed by atoms with E-state index >= 15 is 0 Å². The van der Waals surface area contributed by atoms with Crippen LogP contribution in [0.3, 0.4) is 0 Å². The Morgan fingerprint density at radius 3 is 2.87 bits per heavy atom. The number of aryl methyl sites for hydroxylation is 2. The predicted molar refractivity (Wildman–Crippen MR) is 115 cm³/mol. The fraction of sp³-hybridized carbons (Fsp3) is 0.167. The molecule has 2 N–H and O–H groups in total. The summed E-state index contributed by atoms with van der Waals surface area (Å²) in [6, 6.07) is 15.0. The van der Waals surface area contributed by atoms with Gasteiger partial charge in [0.05, 0.1) is 16.8 Å². The van der Waals surface area contributed by atoms with Crippen molar-refractivity contribution in [2.75, 3.05) is 0 Å². The van der Waals surface area contributed by atoms with Crippen LogP contribution in [0.4, 0.5) is 0 Å². The molecule has 3 aromatic heterocycles. The van der Waals surface area contributed by atoms with Crippen LogP contribution in [0.25, 0.3) is 22.2 Å². The van der Waals surface area contributed by atoms with Gasteiger partial charge in [0.2, 0.25) is 0 Å². The molecule has 0 atom stereocenters. The molecule has 30 heavy (non-hydrogen) atoms. The summed E-state index contributed by atoms with van der Waals surface area (Å²) in [6.45, 7) is 0.181. The van der Waals surface area contributed by atoms with Gasteiger partial charge in [-0.25, -0.2) is 4.98 Å². The Morgan fingerprint density at radius 2 is 2.00 bits per heavy atom. The summed E-state index contributed by atoms with van der Waals surface area (Å²) in [7, 11) is 0. The van der Waals surface area contributed by atoms with Gasteiger partial charge in [0, 0.05) is 41.1 Å². The van der Waals surface area contributed by atoms with Crippen LogP contribution in [0.2, 0.25) is 0 Å². The molecule has 0 spiro atoms. The highest BCUT2D eigenvalue weighted by Crippen LogP contribution is 2.24. The highest BCUT2D eigenvalue weighted by molar-refractivity contribution is 6.07. The Balaban J connectivity index is 1.48. The first kappa shape index (κ1) is 18.2. The lowest BCUT2D eigenvalue weighted by Crippen LogP contribution is -2.27. The van der Waals surface area contributed by atoms with E-state index in [-0.39, 0.29) is 18.0 Å². The Labute approximate surface area is 173 Å². The molecule has 6 heteroatoms. The van der Waals surface area contributed by atoms with Crippen molar-refractivity contribution >= 4 is 16.8 Å². The van der Waals surface area contributed by atoms with Crippen LogP contribution in [0.15, 0.2) is 65.7 Å². The highest BCUT2D eigenvalue weighted by Gasteiger charge is 2.17. The number of nitrogens with one attached hydrogen (secondary N) is 2. The number of pyridine rings is 3. The molecule has 6 nitrogen and oxygen atoms in total. The minimum absolute atomic E-state index is 0.133. The summed E-state index contributed by atoms with van der Waals surface area (Å²) in [5.41, 5.74) is 5.43. The van der Waals surface area contributed by atoms with E-state index in [1.165, 1.54) is 5.56 Å². The van der Waals surface area contributed by atoms with E-state index in [4.69, 9.17) is 0 Å². The zero-order valence-electron chi connectivity index (χ0n) is 16.3. The molecule has 0 unspecified atom stereocenters. The van der Waals surface area contributed by atoms with Crippen molar-refractivity contribution in [1.29, 1.82) is 0 Å². The topological polar surface area (TPSA) is 87.7 Å². The molecule has 5 rings (SSSR count). The molecule has 4 aromatic rings. The molecule has 0 bridgehead atoms. The van der Waals surface area contributed by atoms with Crippen molar-refractivity contribution in [2.45, 2.75) is 25.8 Å². The summed E-state index contributed by atoms with van der Waals surface area (Å²) in [5.74, 6) is -0.237. The van der Waals surface area contributed by atoms with Gasteiger partial charge in [0.1, 0.15) is 0 Å². The number of H-pyrrole nitrogens is 1. The first-order valence-electron chi connectivity index (χ1n) is 10.0. The number of rotatable bonds is 4. The number of carbonyl (C=O) groups excluding carboxylic acids is 1. The van der Waals surface area contributed by atoms with E-state index in [0.29, 0.717) is 16.8 Å². The number of aromatic nitrogens is 3. The van der Waals surface area contributed by atoms with Gasteiger partial charge >= 0.3 is 0 Å². The van der Waals surface area contributed by atoms with Gasteiger partial charge in [-0.05, 0) is 55.2 Å². The highest BCUT2D eigenvalue weighted by atomic mass is 16.1. The number of hydrogen-bond acceptors (Lipinski definition) is 4. The zero-order chi connectivity index (χ0) is 20.5. The van der Waals surface area contributed by atoms with Crippen LogP contribution in [-0.2, 0) is 19.4 Å². The van der Waals surface area contributed by atoms with Gasteiger partial charge < -0.3 is 10.3 Å². The normalized spacial score (nSPS) is 12.7. The van der Waals surface area contributed by atoms with E-state index in [9.17, 15) is 9.59 Å². The third kappa shape index (κ3) is 3.37. The third-order valence-electron chi connectivity index (χ3n) is 5.52. The molecule has 0 saturated heterocycles. The van der Waals surface area contributed by atoms with Gasteiger partial charge in [-0.15, -0.1) is 0 Å². The average Bonchev–Trinajstić information content (AvgIpc) is 3.24. The fourth-order valence-electron chi connectivity index (χ4n) is 3.99. The Bertz CT molecular complexity index is 1310. The summed E-state index contributed by atoms with van der Waals surface area (Å²) in [6.07, 6.45) is 6.37. The van der Waals surface area contributed by atoms with Crippen molar-refractivity contribution < 1.29 is 4.79 Å².